The Morgan fingerprint density at radius 3 is 2.80 bits per heavy atom. The molecule has 0 amide bonds. The molecule has 1 aliphatic carbocycles. The Bertz CT molecular complexity index is 314. The van der Waals surface area contributed by atoms with Crippen molar-refractivity contribution in [3.63, 3.8) is 0 Å². The third kappa shape index (κ3) is 2.81. The van der Waals surface area contributed by atoms with E-state index < -0.39 is 0 Å². The Labute approximate surface area is 91.7 Å². The first-order chi connectivity index (χ1) is 7.16. The summed E-state index contributed by atoms with van der Waals surface area (Å²) in [5, 5.41) is 10.7. The van der Waals surface area contributed by atoms with Gasteiger partial charge >= 0.3 is 0 Å². The Balaban J connectivity index is 1.85. The van der Waals surface area contributed by atoms with Crippen molar-refractivity contribution in [1.82, 2.24) is 15.5 Å². The second-order valence-electron chi connectivity index (χ2n) is 4.92. The van der Waals surface area contributed by atoms with Crippen LogP contribution in [0, 0.1) is 12.8 Å². The molecular weight excluding hydrogens is 186 g/mol. The molecule has 3 heteroatoms. The maximum atomic E-state index is 4.06. The largest absolute Gasteiger partial charge is 0.308 e. The first kappa shape index (κ1) is 10.7. The fourth-order valence-corrected chi connectivity index (χ4v) is 2.23. The molecule has 84 valence electrons. The van der Waals surface area contributed by atoms with Gasteiger partial charge in [0, 0.05) is 23.3 Å². The van der Waals surface area contributed by atoms with Crippen LogP contribution in [0.1, 0.15) is 50.4 Å². The molecule has 0 aliphatic heterocycles. The topological polar surface area (TPSA) is 40.7 Å². The van der Waals surface area contributed by atoms with Crippen LogP contribution in [-0.4, -0.2) is 16.2 Å². The average Bonchev–Trinajstić information content (AvgIpc) is 2.85. The second kappa shape index (κ2) is 4.35. The van der Waals surface area contributed by atoms with Crippen LogP contribution in [-0.2, 0) is 0 Å². The molecule has 2 atom stereocenters. The number of nitrogens with zero attached hydrogens (tertiary/aromatic N) is 1. The molecule has 1 heterocycles. The van der Waals surface area contributed by atoms with Crippen molar-refractivity contribution < 1.29 is 0 Å². The van der Waals surface area contributed by atoms with E-state index in [9.17, 15) is 0 Å². The van der Waals surface area contributed by atoms with E-state index >= 15 is 0 Å². The molecule has 0 bridgehead atoms. The number of aromatic nitrogens is 2. The molecule has 15 heavy (non-hydrogen) atoms. The molecule has 1 aromatic rings. The average molecular weight is 207 g/mol. The summed E-state index contributed by atoms with van der Waals surface area (Å²) in [6.45, 7) is 6.57. The zero-order valence-electron chi connectivity index (χ0n) is 9.88. The van der Waals surface area contributed by atoms with Crippen LogP contribution >= 0.6 is 0 Å². The Kier molecular flexibility index (Phi) is 3.10. The summed E-state index contributed by atoms with van der Waals surface area (Å²) in [6.07, 6.45) is 6.12. The van der Waals surface area contributed by atoms with Gasteiger partial charge in [-0.25, -0.2) is 0 Å². The van der Waals surface area contributed by atoms with Gasteiger partial charge in [-0.05, 0) is 33.1 Å². The van der Waals surface area contributed by atoms with Crippen molar-refractivity contribution >= 4 is 0 Å². The molecule has 3 nitrogen and oxygen atoms in total. The van der Waals surface area contributed by atoms with Gasteiger partial charge in [-0.3, -0.25) is 5.10 Å². The zero-order chi connectivity index (χ0) is 10.8. The molecular formula is C12H21N3. The third-order valence-corrected chi connectivity index (χ3v) is 3.25. The maximum absolute atomic E-state index is 4.06. The lowest BCUT2D eigenvalue weighted by Crippen LogP contribution is -2.29. The Morgan fingerprint density at radius 2 is 2.27 bits per heavy atom. The second-order valence-corrected chi connectivity index (χ2v) is 4.92. The fraction of sp³-hybridized carbons (Fsp3) is 0.750. The van der Waals surface area contributed by atoms with Gasteiger partial charge < -0.3 is 5.32 Å². The molecule has 2 unspecified atom stereocenters. The van der Waals surface area contributed by atoms with Gasteiger partial charge in [0.15, 0.2) is 0 Å². The Morgan fingerprint density at radius 1 is 1.53 bits per heavy atom. The Hall–Kier alpha value is -0.830. The summed E-state index contributed by atoms with van der Waals surface area (Å²) in [5.41, 5.74) is 2.46. The van der Waals surface area contributed by atoms with Gasteiger partial charge in [0.25, 0.3) is 0 Å². The van der Waals surface area contributed by atoms with E-state index in [0.29, 0.717) is 12.1 Å². The summed E-state index contributed by atoms with van der Waals surface area (Å²) in [4.78, 5) is 0. The monoisotopic (exact) mass is 207 g/mol. The number of aromatic amines is 1. The molecule has 0 aromatic carbocycles. The van der Waals surface area contributed by atoms with E-state index in [1.54, 1.807) is 0 Å². The van der Waals surface area contributed by atoms with E-state index in [2.05, 4.69) is 36.3 Å². The van der Waals surface area contributed by atoms with Gasteiger partial charge in [-0.2, -0.15) is 5.10 Å². The number of H-pyrrole nitrogens is 1. The predicted octanol–water partition coefficient (Wildman–Crippen LogP) is 2.56. The van der Waals surface area contributed by atoms with Crippen molar-refractivity contribution in [2.75, 3.05) is 0 Å². The standard InChI is InChI=1S/C12H21N3/c1-8(6-11-4-5-11)14-9(2)12-7-13-15-10(12)3/h7-9,11,14H,4-6H2,1-3H3,(H,13,15). The molecule has 0 saturated heterocycles. The molecule has 1 saturated carbocycles. The van der Waals surface area contributed by atoms with Gasteiger partial charge in [0.05, 0.1) is 6.20 Å². The number of hydrogen-bond acceptors (Lipinski definition) is 2. The van der Waals surface area contributed by atoms with Crippen LogP contribution in [0.2, 0.25) is 0 Å². The van der Waals surface area contributed by atoms with Gasteiger partial charge in [-0.15, -0.1) is 0 Å². The lowest BCUT2D eigenvalue weighted by atomic mass is 10.1. The normalized spacial score (nSPS) is 20.2. The molecule has 0 radical (unpaired) electrons. The predicted molar refractivity (Wildman–Crippen MR) is 61.7 cm³/mol. The van der Waals surface area contributed by atoms with E-state index in [1.807, 2.05) is 6.20 Å². The highest BCUT2D eigenvalue weighted by atomic mass is 15.1. The molecule has 2 N–H and O–H groups in total. The lowest BCUT2D eigenvalue weighted by molar-refractivity contribution is 0.437. The third-order valence-electron chi connectivity index (χ3n) is 3.25. The molecule has 0 spiro atoms. The fourth-order valence-electron chi connectivity index (χ4n) is 2.23. The van der Waals surface area contributed by atoms with Crippen molar-refractivity contribution in [2.45, 2.75) is 52.1 Å². The minimum atomic E-state index is 0.400. The highest BCUT2D eigenvalue weighted by Gasteiger charge is 2.24. The number of aryl methyl sites for hydroxylation is 1. The molecule has 1 fully saturated rings. The lowest BCUT2D eigenvalue weighted by Gasteiger charge is -2.19. The minimum absolute atomic E-state index is 0.400. The van der Waals surface area contributed by atoms with Crippen LogP contribution in [0.3, 0.4) is 0 Å². The van der Waals surface area contributed by atoms with Crippen LogP contribution in [0.4, 0.5) is 0 Å². The van der Waals surface area contributed by atoms with Gasteiger partial charge in [-0.1, -0.05) is 12.8 Å². The minimum Gasteiger partial charge on any atom is -0.308 e. The highest BCUT2D eigenvalue weighted by molar-refractivity contribution is 5.18. The molecule has 1 aromatic heterocycles. The van der Waals surface area contributed by atoms with Crippen LogP contribution in [0.5, 0.6) is 0 Å². The molecule has 2 rings (SSSR count). The highest BCUT2D eigenvalue weighted by Crippen LogP contribution is 2.33. The van der Waals surface area contributed by atoms with Crippen molar-refractivity contribution in [3.8, 4) is 0 Å². The smallest absolute Gasteiger partial charge is 0.0537 e. The van der Waals surface area contributed by atoms with Crippen molar-refractivity contribution in [3.05, 3.63) is 17.5 Å². The van der Waals surface area contributed by atoms with E-state index in [-0.39, 0.29) is 0 Å². The van der Waals surface area contributed by atoms with Crippen LogP contribution in [0.15, 0.2) is 6.20 Å². The maximum Gasteiger partial charge on any atom is 0.0537 e. The summed E-state index contributed by atoms with van der Waals surface area (Å²) < 4.78 is 0. The summed E-state index contributed by atoms with van der Waals surface area (Å²) >= 11 is 0. The first-order valence-electron chi connectivity index (χ1n) is 5.92. The number of rotatable bonds is 5. The quantitative estimate of drug-likeness (QED) is 0.779. The van der Waals surface area contributed by atoms with E-state index in [0.717, 1.165) is 5.92 Å². The van der Waals surface area contributed by atoms with E-state index in [1.165, 1.54) is 30.5 Å². The SMILES string of the molecule is Cc1[nH]ncc1C(C)NC(C)CC1CC1. The van der Waals surface area contributed by atoms with Gasteiger partial charge in [0.2, 0.25) is 0 Å². The zero-order valence-corrected chi connectivity index (χ0v) is 9.88. The van der Waals surface area contributed by atoms with Crippen molar-refractivity contribution in [2.24, 2.45) is 5.92 Å². The summed E-state index contributed by atoms with van der Waals surface area (Å²) in [5.74, 6) is 0.991. The summed E-state index contributed by atoms with van der Waals surface area (Å²) in [7, 11) is 0. The van der Waals surface area contributed by atoms with Crippen LogP contribution < -0.4 is 5.32 Å². The van der Waals surface area contributed by atoms with Gasteiger partial charge in [0.1, 0.15) is 0 Å². The van der Waals surface area contributed by atoms with Crippen LogP contribution in [0.25, 0.3) is 0 Å². The number of nitrogens with one attached hydrogen (secondary N) is 2. The number of hydrogen-bond donors (Lipinski definition) is 2. The van der Waals surface area contributed by atoms with Crippen molar-refractivity contribution in [1.29, 1.82) is 0 Å². The first-order valence-corrected chi connectivity index (χ1v) is 5.92. The summed E-state index contributed by atoms with van der Waals surface area (Å²) in [6, 6.07) is 1.01. The van der Waals surface area contributed by atoms with E-state index in [4.69, 9.17) is 0 Å². The molecule has 1 aliphatic rings.